The quantitative estimate of drug-likeness (QED) is 0.204. The molecule has 0 N–H and O–H groups in total. The molecule has 0 spiro atoms. The van der Waals surface area contributed by atoms with Crippen molar-refractivity contribution in [1.82, 2.24) is 9.88 Å². The van der Waals surface area contributed by atoms with Crippen LogP contribution in [0, 0.1) is 0 Å². The number of nitrogens with zero attached hydrogens (tertiary/aromatic N) is 3. The summed E-state index contributed by atoms with van der Waals surface area (Å²) in [6.07, 6.45) is 1.67. The molecule has 0 saturated carbocycles. The first-order valence-electron chi connectivity index (χ1n) is 9.55. The second-order valence-corrected chi connectivity index (χ2v) is 8.52. The lowest BCUT2D eigenvalue weighted by molar-refractivity contribution is 0.0607. The lowest BCUT2D eigenvalue weighted by Gasteiger charge is -2.10. The third-order valence-electron chi connectivity index (χ3n) is 4.65. The van der Waals surface area contributed by atoms with Gasteiger partial charge in [0, 0.05) is 30.1 Å². The zero-order valence-electron chi connectivity index (χ0n) is 17.3. The van der Waals surface area contributed by atoms with Gasteiger partial charge in [-0.2, -0.15) is 0 Å². The van der Waals surface area contributed by atoms with Crippen LogP contribution in [-0.4, -0.2) is 43.4 Å². The molecule has 2 heterocycles. The Morgan fingerprint density at radius 2 is 1.81 bits per heavy atom. The summed E-state index contributed by atoms with van der Waals surface area (Å²) in [7, 11) is 5.12. The first-order valence-corrected chi connectivity index (χ1v) is 10.7. The number of esters is 1. The zero-order valence-corrected chi connectivity index (χ0v) is 18.9. The number of hydrogen-bond donors (Lipinski definition) is 0. The lowest BCUT2D eigenvalue weighted by atomic mass is 9.99. The number of hydrogen-bond acceptors (Lipinski definition) is 5. The number of benzene rings is 2. The van der Waals surface area contributed by atoms with Gasteiger partial charge >= 0.3 is 5.97 Å². The number of methoxy groups -OCH3 is 1. The van der Waals surface area contributed by atoms with Crippen LogP contribution < -0.4 is 0 Å². The standard InChI is InChI=1S/C24H20ClN3O2S/c1-28(2)14-26-21-20-18(15-9-11-17(25)12-10-15)13-19(16-7-5-4-6-8-16)27-23(20)31-22(21)24(29)30-3/h4-14H,1-3H3. The fraction of sp³-hybridized carbons (Fsp3) is 0.125. The molecule has 7 heteroatoms. The van der Waals surface area contributed by atoms with Crippen LogP contribution in [0.2, 0.25) is 5.02 Å². The fourth-order valence-electron chi connectivity index (χ4n) is 3.22. The van der Waals surface area contributed by atoms with Gasteiger partial charge in [0.05, 0.1) is 19.1 Å². The number of aromatic nitrogens is 1. The largest absolute Gasteiger partial charge is 0.465 e. The third kappa shape index (κ3) is 4.31. The number of pyridine rings is 1. The van der Waals surface area contributed by atoms with E-state index in [4.69, 9.17) is 21.3 Å². The smallest absolute Gasteiger partial charge is 0.350 e. The van der Waals surface area contributed by atoms with Crippen molar-refractivity contribution in [3.05, 3.63) is 70.6 Å². The maximum atomic E-state index is 12.6. The molecule has 156 valence electrons. The van der Waals surface area contributed by atoms with E-state index in [1.807, 2.05) is 79.7 Å². The monoisotopic (exact) mass is 449 g/mol. The van der Waals surface area contributed by atoms with Crippen molar-refractivity contribution in [3.8, 4) is 22.4 Å². The highest BCUT2D eigenvalue weighted by Crippen LogP contribution is 2.44. The summed E-state index contributed by atoms with van der Waals surface area (Å²) >= 11 is 7.41. The molecule has 2 aromatic carbocycles. The molecule has 31 heavy (non-hydrogen) atoms. The summed E-state index contributed by atoms with van der Waals surface area (Å²) < 4.78 is 5.03. The Balaban J connectivity index is 2.07. The lowest BCUT2D eigenvalue weighted by Crippen LogP contribution is -2.07. The van der Waals surface area contributed by atoms with Gasteiger partial charge in [0.15, 0.2) is 0 Å². The van der Waals surface area contributed by atoms with Gasteiger partial charge in [-0.25, -0.2) is 14.8 Å². The highest BCUT2D eigenvalue weighted by atomic mass is 35.5. The molecule has 0 atom stereocenters. The van der Waals surface area contributed by atoms with E-state index in [1.165, 1.54) is 18.4 Å². The van der Waals surface area contributed by atoms with Crippen molar-refractivity contribution in [3.63, 3.8) is 0 Å². The van der Waals surface area contributed by atoms with Gasteiger partial charge < -0.3 is 9.64 Å². The summed E-state index contributed by atoms with van der Waals surface area (Å²) in [5, 5.41) is 1.47. The molecule has 2 aromatic heterocycles. The maximum Gasteiger partial charge on any atom is 0.350 e. The van der Waals surface area contributed by atoms with E-state index in [9.17, 15) is 4.79 Å². The Morgan fingerprint density at radius 3 is 2.45 bits per heavy atom. The van der Waals surface area contributed by atoms with E-state index in [2.05, 4.69) is 4.99 Å². The van der Waals surface area contributed by atoms with E-state index < -0.39 is 5.97 Å². The number of rotatable bonds is 5. The van der Waals surface area contributed by atoms with Crippen molar-refractivity contribution in [2.75, 3.05) is 21.2 Å². The molecule has 5 nitrogen and oxygen atoms in total. The normalized spacial score (nSPS) is 11.2. The molecule has 0 saturated heterocycles. The zero-order chi connectivity index (χ0) is 22.0. The molecule has 0 aliphatic carbocycles. The van der Waals surface area contributed by atoms with Gasteiger partial charge in [0.25, 0.3) is 0 Å². The molecular formula is C24H20ClN3O2S. The van der Waals surface area contributed by atoms with Crippen LogP contribution >= 0.6 is 22.9 Å². The molecule has 0 aliphatic heterocycles. The minimum atomic E-state index is -0.433. The van der Waals surface area contributed by atoms with Crippen LogP contribution in [0.25, 0.3) is 32.6 Å². The Kier molecular flexibility index (Phi) is 6.02. The molecule has 0 unspecified atom stereocenters. The first kappa shape index (κ1) is 21.0. The van der Waals surface area contributed by atoms with Crippen LogP contribution in [0.15, 0.2) is 65.7 Å². The summed E-state index contributed by atoms with van der Waals surface area (Å²) in [4.78, 5) is 25.0. The number of carbonyl (C=O) groups excluding carboxylic acids is 1. The summed E-state index contributed by atoms with van der Waals surface area (Å²) in [6, 6.07) is 19.6. The number of halogens is 1. The van der Waals surface area contributed by atoms with E-state index in [0.717, 1.165) is 32.6 Å². The van der Waals surface area contributed by atoms with Crippen molar-refractivity contribution in [2.45, 2.75) is 0 Å². The first-order chi connectivity index (χ1) is 15.0. The second-order valence-electron chi connectivity index (χ2n) is 7.09. The number of aliphatic imine (C=N–C) groups is 1. The Labute approximate surface area is 189 Å². The molecule has 0 aliphatic rings. The van der Waals surface area contributed by atoms with Crippen molar-refractivity contribution in [1.29, 1.82) is 0 Å². The average Bonchev–Trinajstić information content (AvgIpc) is 3.16. The highest BCUT2D eigenvalue weighted by Gasteiger charge is 2.23. The van der Waals surface area contributed by atoms with E-state index in [1.54, 1.807) is 6.34 Å². The van der Waals surface area contributed by atoms with Gasteiger partial charge in [-0.3, -0.25) is 0 Å². The van der Waals surface area contributed by atoms with Gasteiger partial charge in [0.2, 0.25) is 0 Å². The molecular weight excluding hydrogens is 430 g/mol. The minimum Gasteiger partial charge on any atom is -0.465 e. The summed E-state index contributed by atoms with van der Waals surface area (Å²) in [6.45, 7) is 0. The van der Waals surface area contributed by atoms with E-state index in [-0.39, 0.29) is 0 Å². The average molecular weight is 450 g/mol. The topological polar surface area (TPSA) is 54.8 Å². The predicted octanol–water partition coefficient (Wildman–Crippen LogP) is 6.29. The van der Waals surface area contributed by atoms with Gasteiger partial charge in [-0.15, -0.1) is 11.3 Å². The fourth-order valence-corrected chi connectivity index (χ4v) is 4.41. The van der Waals surface area contributed by atoms with Gasteiger partial charge in [-0.1, -0.05) is 54.1 Å². The summed E-state index contributed by atoms with van der Waals surface area (Å²) in [5.74, 6) is -0.433. The van der Waals surface area contributed by atoms with Gasteiger partial charge in [0.1, 0.15) is 15.4 Å². The Bertz CT molecular complexity index is 1270. The molecule has 0 fully saturated rings. The van der Waals surface area contributed by atoms with E-state index >= 15 is 0 Å². The molecule has 4 rings (SSSR count). The van der Waals surface area contributed by atoms with Crippen molar-refractivity contribution >= 4 is 51.1 Å². The minimum absolute atomic E-state index is 0.420. The summed E-state index contributed by atoms with van der Waals surface area (Å²) in [5.41, 5.74) is 4.25. The van der Waals surface area contributed by atoms with Crippen LogP contribution in [0.1, 0.15) is 9.67 Å². The van der Waals surface area contributed by atoms with Crippen LogP contribution in [0.5, 0.6) is 0 Å². The Hall–Kier alpha value is -3.22. The van der Waals surface area contributed by atoms with Crippen LogP contribution in [-0.2, 0) is 4.74 Å². The van der Waals surface area contributed by atoms with Crippen LogP contribution in [0.4, 0.5) is 5.69 Å². The SMILES string of the molecule is COC(=O)c1sc2nc(-c3ccccc3)cc(-c3ccc(Cl)cc3)c2c1N=CN(C)C. The molecule has 0 radical (unpaired) electrons. The van der Waals surface area contributed by atoms with E-state index in [0.29, 0.717) is 15.6 Å². The molecule has 0 amide bonds. The van der Waals surface area contributed by atoms with Crippen molar-refractivity contribution in [2.24, 2.45) is 4.99 Å². The van der Waals surface area contributed by atoms with Crippen molar-refractivity contribution < 1.29 is 9.53 Å². The number of fused-ring (bicyclic) bond motifs is 1. The number of thiophene rings is 1. The Morgan fingerprint density at radius 1 is 1.10 bits per heavy atom. The van der Waals surface area contributed by atoms with Gasteiger partial charge in [-0.05, 0) is 29.3 Å². The molecule has 4 aromatic rings. The maximum absolute atomic E-state index is 12.6. The van der Waals surface area contributed by atoms with Crippen LogP contribution in [0.3, 0.4) is 0 Å². The highest BCUT2D eigenvalue weighted by molar-refractivity contribution is 7.21. The predicted molar refractivity (Wildman–Crippen MR) is 129 cm³/mol. The second kappa shape index (κ2) is 8.88. The molecule has 0 bridgehead atoms. The number of ether oxygens (including phenoxy) is 1. The number of carbonyl (C=O) groups is 1. The third-order valence-corrected chi connectivity index (χ3v) is 5.96.